The van der Waals surface area contributed by atoms with Gasteiger partial charge in [-0.05, 0) is 31.9 Å². The molecule has 3 rings (SSSR count). The van der Waals surface area contributed by atoms with Gasteiger partial charge in [0.25, 0.3) is 0 Å². The summed E-state index contributed by atoms with van der Waals surface area (Å²) in [5, 5.41) is 6.60. The molecule has 1 fully saturated rings. The number of hydrogen-bond donors (Lipinski definition) is 2. The molecule has 0 unspecified atom stereocenters. The number of amides is 1. The molecule has 102 valence electrons. The minimum absolute atomic E-state index is 0.0554. The zero-order valence-electron chi connectivity index (χ0n) is 11.3. The summed E-state index contributed by atoms with van der Waals surface area (Å²) in [5.41, 5.74) is 1.72. The van der Waals surface area contributed by atoms with E-state index in [1.54, 1.807) is 0 Å². The van der Waals surface area contributed by atoms with Crippen molar-refractivity contribution in [3.05, 3.63) is 18.2 Å². The lowest BCUT2D eigenvalue weighted by Crippen LogP contribution is -2.36. The Balaban J connectivity index is 2.00. The summed E-state index contributed by atoms with van der Waals surface area (Å²) in [6.07, 6.45) is 5.08. The summed E-state index contributed by atoms with van der Waals surface area (Å²) in [6.45, 7) is 2.54. The molecule has 4 heteroatoms. The molecule has 2 N–H and O–H groups in total. The predicted octanol–water partition coefficient (Wildman–Crippen LogP) is 3.15. The molecule has 0 bridgehead atoms. The average Bonchev–Trinajstić information content (AvgIpc) is 2.75. The first-order valence-corrected chi connectivity index (χ1v) is 7.06. The van der Waals surface area contributed by atoms with Gasteiger partial charge in [0.1, 0.15) is 11.4 Å². The van der Waals surface area contributed by atoms with Crippen molar-refractivity contribution >= 4 is 17.3 Å². The maximum Gasteiger partial charge on any atom is 0.226 e. The van der Waals surface area contributed by atoms with E-state index in [1.807, 2.05) is 25.1 Å². The number of anilines is 2. The van der Waals surface area contributed by atoms with Crippen molar-refractivity contribution in [2.45, 2.75) is 44.6 Å². The Morgan fingerprint density at radius 1 is 1.32 bits per heavy atom. The van der Waals surface area contributed by atoms with Crippen LogP contribution < -0.4 is 15.4 Å². The summed E-state index contributed by atoms with van der Waals surface area (Å²) in [5.74, 6) is 0.830. The Kier molecular flexibility index (Phi) is 3.09. The summed E-state index contributed by atoms with van der Waals surface area (Å²) >= 11 is 0. The van der Waals surface area contributed by atoms with E-state index in [1.165, 1.54) is 12.8 Å². The fourth-order valence-electron chi connectivity index (χ4n) is 3.21. The smallest absolute Gasteiger partial charge is 0.226 e. The lowest BCUT2D eigenvalue weighted by atomic mass is 9.93. The molecule has 1 aromatic carbocycles. The number of benzene rings is 1. The Morgan fingerprint density at radius 2 is 2.11 bits per heavy atom. The van der Waals surface area contributed by atoms with Crippen LogP contribution in [0.15, 0.2) is 18.2 Å². The number of nitrogens with one attached hydrogen (secondary N) is 2. The number of ether oxygens (including phenoxy) is 1. The maximum absolute atomic E-state index is 12.2. The molecule has 0 radical (unpaired) electrons. The van der Waals surface area contributed by atoms with E-state index in [-0.39, 0.29) is 11.4 Å². The molecule has 0 aromatic heterocycles. The van der Waals surface area contributed by atoms with E-state index in [2.05, 4.69) is 10.6 Å². The minimum atomic E-state index is -0.0554. The molecule has 1 amide bonds. The summed E-state index contributed by atoms with van der Waals surface area (Å²) in [4.78, 5) is 12.2. The summed E-state index contributed by atoms with van der Waals surface area (Å²) in [6, 6.07) is 5.89. The third-order valence-electron chi connectivity index (χ3n) is 4.05. The van der Waals surface area contributed by atoms with Crippen molar-refractivity contribution in [3.8, 4) is 5.75 Å². The van der Waals surface area contributed by atoms with Gasteiger partial charge in [-0.3, -0.25) is 4.79 Å². The van der Waals surface area contributed by atoms with Gasteiger partial charge >= 0.3 is 0 Å². The van der Waals surface area contributed by atoms with Crippen molar-refractivity contribution in [1.29, 1.82) is 0 Å². The largest absolute Gasteiger partial charge is 0.492 e. The molecule has 0 saturated heterocycles. The van der Waals surface area contributed by atoms with Crippen molar-refractivity contribution in [3.63, 3.8) is 0 Å². The molecular formula is C15H20N2O2. The second-order valence-electron chi connectivity index (χ2n) is 5.45. The molecule has 1 aliphatic carbocycles. The molecular weight excluding hydrogens is 240 g/mol. The number of carbonyl (C=O) groups excluding carboxylic acids is 1. The third kappa shape index (κ3) is 2.27. The second-order valence-corrected chi connectivity index (χ2v) is 5.45. The highest BCUT2D eigenvalue weighted by Gasteiger charge is 2.38. The van der Waals surface area contributed by atoms with Crippen LogP contribution >= 0.6 is 0 Å². The van der Waals surface area contributed by atoms with Crippen molar-refractivity contribution < 1.29 is 9.53 Å². The van der Waals surface area contributed by atoms with Crippen molar-refractivity contribution in [1.82, 2.24) is 0 Å². The van der Waals surface area contributed by atoms with E-state index in [0.717, 1.165) is 30.0 Å². The Hall–Kier alpha value is -1.71. The van der Waals surface area contributed by atoms with Gasteiger partial charge < -0.3 is 15.4 Å². The standard InChI is InChI=1S/C15H20N2O2/c1-2-19-12-7-5-6-11-14(12)16-13(18)10-15(17-11)8-3-4-9-15/h5-7,17H,2-4,8-10H2,1H3,(H,16,18). The van der Waals surface area contributed by atoms with Crippen LogP contribution in [0.4, 0.5) is 11.4 Å². The SMILES string of the molecule is CCOc1cccc2c1NC(=O)CC1(CCCC1)N2. The van der Waals surface area contributed by atoms with E-state index in [9.17, 15) is 4.79 Å². The van der Waals surface area contributed by atoms with E-state index < -0.39 is 0 Å². The molecule has 1 saturated carbocycles. The molecule has 0 atom stereocenters. The van der Waals surface area contributed by atoms with Crippen LogP contribution in [0.5, 0.6) is 5.75 Å². The highest BCUT2D eigenvalue weighted by atomic mass is 16.5. The predicted molar refractivity (Wildman–Crippen MR) is 75.7 cm³/mol. The maximum atomic E-state index is 12.2. The van der Waals surface area contributed by atoms with Gasteiger partial charge in [0.2, 0.25) is 5.91 Å². The fourth-order valence-corrected chi connectivity index (χ4v) is 3.21. The van der Waals surface area contributed by atoms with Gasteiger partial charge in [-0.25, -0.2) is 0 Å². The van der Waals surface area contributed by atoms with Crippen molar-refractivity contribution in [2.24, 2.45) is 0 Å². The number of hydrogen-bond acceptors (Lipinski definition) is 3. The molecule has 1 heterocycles. The van der Waals surface area contributed by atoms with Gasteiger partial charge in [-0.15, -0.1) is 0 Å². The van der Waals surface area contributed by atoms with Crippen LogP contribution in [-0.2, 0) is 4.79 Å². The monoisotopic (exact) mass is 260 g/mol. The zero-order valence-corrected chi connectivity index (χ0v) is 11.3. The number of fused-ring (bicyclic) bond motifs is 1. The molecule has 2 aliphatic rings. The molecule has 19 heavy (non-hydrogen) atoms. The van der Waals surface area contributed by atoms with E-state index in [4.69, 9.17) is 4.74 Å². The lowest BCUT2D eigenvalue weighted by Gasteiger charge is -2.28. The van der Waals surface area contributed by atoms with Crippen LogP contribution in [0.2, 0.25) is 0 Å². The topological polar surface area (TPSA) is 50.4 Å². The Morgan fingerprint density at radius 3 is 2.84 bits per heavy atom. The number of rotatable bonds is 2. The first-order chi connectivity index (χ1) is 9.22. The Labute approximate surface area is 113 Å². The van der Waals surface area contributed by atoms with Gasteiger partial charge in [-0.2, -0.15) is 0 Å². The first kappa shape index (κ1) is 12.3. The van der Waals surface area contributed by atoms with Crippen LogP contribution in [0.25, 0.3) is 0 Å². The van der Waals surface area contributed by atoms with Gasteiger partial charge in [0.05, 0.1) is 12.3 Å². The number of carbonyl (C=O) groups is 1. The van der Waals surface area contributed by atoms with Crippen molar-refractivity contribution in [2.75, 3.05) is 17.2 Å². The summed E-state index contributed by atoms with van der Waals surface area (Å²) < 4.78 is 5.60. The first-order valence-electron chi connectivity index (χ1n) is 7.06. The third-order valence-corrected chi connectivity index (χ3v) is 4.05. The highest BCUT2D eigenvalue weighted by molar-refractivity contribution is 5.99. The molecule has 4 nitrogen and oxygen atoms in total. The molecule has 1 aromatic rings. The van der Waals surface area contributed by atoms with Crippen LogP contribution in [0.1, 0.15) is 39.0 Å². The fraction of sp³-hybridized carbons (Fsp3) is 0.533. The quantitative estimate of drug-likeness (QED) is 0.858. The highest BCUT2D eigenvalue weighted by Crippen LogP contribution is 2.43. The minimum Gasteiger partial charge on any atom is -0.492 e. The lowest BCUT2D eigenvalue weighted by molar-refractivity contribution is -0.117. The van der Waals surface area contributed by atoms with Gasteiger partial charge in [0, 0.05) is 12.0 Å². The van der Waals surface area contributed by atoms with E-state index in [0.29, 0.717) is 13.0 Å². The van der Waals surface area contributed by atoms with E-state index >= 15 is 0 Å². The van der Waals surface area contributed by atoms with Crippen LogP contribution in [0.3, 0.4) is 0 Å². The summed E-state index contributed by atoms with van der Waals surface area (Å²) in [7, 11) is 0. The van der Waals surface area contributed by atoms with Crippen LogP contribution in [0, 0.1) is 0 Å². The Bertz CT molecular complexity index is 493. The van der Waals surface area contributed by atoms with Crippen LogP contribution in [-0.4, -0.2) is 18.1 Å². The molecule has 1 aliphatic heterocycles. The van der Waals surface area contributed by atoms with Gasteiger partial charge in [0.15, 0.2) is 0 Å². The normalized spacial score (nSPS) is 20.4. The second kappa shape index (κ2) is 4.76. The molecule has 1 spiro atoms. The zero-order chi connectivity index (χ0) is 13.3. The van der Waals surface area contributed by atoms with Gasteiger partial charge in [-0.1, -0.05) is 18.9 Å². The average molecular weight is 260 g/mol. The number of para-hydroxylation sites is 1.